The molecule has 3 nitrogen and oxygen atoms in total. The summed E-state index contributed by atoms with van der Waals surface area (Å²) in [5.41, 5.74) is 2.59. The van der Waals surface area contributed by atoms with Crippen molar-refractivity contribution >= 4 is 17.5 Å². The van der Waals surface area contributed by atoms with Gasteiger partial charge in [0.05, 0.1) is 11.4 Å². The third-order valence-electron chi connectivity index (χ3n) is 2.98. The summed E-state index contributed by atoms with van der Waals surface area (Å²) in [6.07, 6.45) is 10.3. The molecule has 1 aromatic rings. The van der Waals surface area contributed by atoms with Crippen molar-refractivity contribution in [2.24, 2.45) is 0 Å². The highest BCUT2D eigenvalue weighted by Gasteiger charge is 2.20. The molecule has 18 heavy (non-hydrogen) atoms. The van der Waals surface area contributed by atoms with Crippen LogP contribution >= 0.6 is 0 Å². The van der Waals surface area contributed by atoms with Gasteiger partial charge in [-0.25, -0.2) is 5.06 Å². The molecule has 1 aliphatic carbocycles. The second-order valence-corrected chi connectivity index (χ2v) is 4.09. The van der Waals surface area contributed by atoms with Gasteiger partial charge in [-0.1, -0.05) is 36.4 Å². The predicted molar refractivity (Wildman–Crippen MR) is 70.1 cm³/mol. The van der Waals surface area contributed by atoms with Gasteiger partial charge in [0.15, 0.2) is 5.78 Å². The molecule has 2 aliphatic rings. The number of nitrogens with zero attached hydrogens (tertiary/aromatic N) is 1. The Morgan fingerprint density at radius 2 is 1.72 bits per heavy atom. The van der Waals surface area contributed by atoms with E-state index in [1.165, 1.54) is 6.08 Å². The molecule has 0 unspecified atom stereocenters. The van der Waals surface area contributed by atoms with E-state index in [9.17, 15) is 10.0 Å². The molecule has 3 rings (SSSR count). The molecule has 1 aliphatic heterocycles. The fraction of sp³-hybridized carbons (Fsp3) is 0. The Labute approximate surface area is 105 Å². The Morgan fingerprint density at radius 1 is 0.944 bits per heavy atom. The van der Waals surface area contributed by atoms with E-state index in [0.29, 0.717) is 17.0 Å². The number of carbonyl (C=O) groups is 1. The third-order valence-corrected chi connectivity index (χ3v) is 2.98. The van der Waals surface area contributed by atoms with Gasteiger partial charge in [-0.2, -0.15) is 0 Å². The maximum atomic E-state index is 11.8. The van der Waals surface area contributed by atoms with Crippen molar-refractivity contribution < 1.29 is 10.0 Å². The average molecular weight is 237 g/mol. The Bertz CT molecular complexity index is 636. The van der Waals surface area contributed by atoms with Crippen molar-refractivity contribution in [3.63, 3.8) is 0 Å². The molecule has 0 saturated carbocycles. The summed E-state index contributed by atoms with van der Waals surface area (Å²) in [5.74, 6) is -0.101. The van der Waals surface area contributed by atoms with Crippen molar-refractivity contribution in [3.05, 3.63) is 71.5 Å². The molecule has 88 valence electrons. The number of ketones is 1. The molecule has 3 heteroatoms. The first-order valence-corrected chi connectivity index (χ1v) is 5.67. The first-order chi connectivity index (χ1) is 8.77. The van der Waals surface area contributed by atoms with Crippen LogP contribution in [-0.4, -0.2) is 11.0 Å². The highest BCUT2D eigenvalue weighted by molar-refractivity contribution is 6.09. The number of hydroxylamine groups is 1. The highest BCUT2D eigenvalue weighted by Crippen LogP contribution is 2.31. The van der Waals surface area contributed by atoms with Crippen LogP contribution in [0.3, 0.4) is 0 Å². The number of rotatable bonds is 0. The van der Waals surface area contributed by atoms with Crippen molar-refractivity contribution in [1.29, 1.82) is 0 Å². The molecule has 0 saturated heterocycles. The molecular weight excluding hydrogens is 226 g/mol. The van der Waals surface area contributed by atoms with E-state index in [1.807, 2.05) is 30.3 Å². The molecule has 0 atom stereocenters. The maximum absolute atomic E-state index is 11.8. The largest absolute Gasteiger partial charge is 0.289 e. The lowest BCUT2D eigenvalue weighted by Crippen LogP contribution is -2.22. The standard InChI is InChI=1S/C15H11NO2/c17-15-8-4-2-6-12(15)14-10-9-11-5-1-3-7-13(11)16(14)18/h1-10,18H/b14-12-. The number of para-hydroxylation sites is 1. The lowest BCUT2D eigenvalue weighted by molar-refractivity contribution is -0.111. The number of hydrogen-bond donors (Lipinski definition) is 1. The molecule has 1 N–H and O–H groups in total. The lowest BCUT2D eigenvalue weighted by atomic mass is 10.00. The van der Waals surface area contributed by atoms with Crippen LogP contribution in [0.25, 0.3) is 6.08 Å². The van der Waals surface area contributed by atoms with Crippen LogP contribution in [0.2, 0.25) is 0 Å². The van der Waals surface area contributed by atoms with E-state index in [0.717, 1.165) is 10.6 Å². The highest BCUT2D eigenvalue weighted by atomic mass is 16.5. The zero-order chi connectivity index (χ0) is 12.5. The molecule has 1 aromatic carbocycles. The average Bonchev–Trinajstić information content (AvgIpc) is 2.41. The van der Waals surface area contributed by atoms with E-state index in [-0.39, 0.29) is 5.78 Å². The van der Waals surface area contributed by atoms with E-state index < -0.39 is 0 Å². The van der Waals surface area contributed by atoms with Crippen molar-refractivity contribution in [3.8, 4) is 0 Å². The van der Waals surface area contributed by atoms with Gasteiger partial charge in [-0.05, 0) is 24.3 Å². The smallest absolute Gasteiger partial charge is 0.188 e. The Hall–Kier alpha value is -2.39. The fourth-order valence-corrected chi connectivity index (χ4v) is 2.07. The zero-order valence-electron chi connectivity index (χ0n) is 9.58. The Balaban J connectivity index is 2.13. The van der Waals surface area contributed by atoms with Gasteiger partial charge in [0.25, 0.3) is 0 Å². The Kier molecular flexibility index (Phi) is 2.46. The summed E-state index contributed by atoms with van der Waals surface area (Å²) in [6, 6.07) is 7.48. The van der Waals surface area contributed by atoms with Gasteiger partial charge in [-0.15, -0.1) is 0 Å². The van der Waals surface area contributed by atoms with Gasteiger partial charge in [0.2, 0.25) is 0 Å². The first-order valence-electron chi connectivity index (χ1n) is 5.67. The minimum Gasteiger partial charge on any atom is -0.289 e. The zero-order valence-corrected chi connectivity index (χ0v) is 9.58. The van der Waals surface area contributed by atoms with Gasteiger partial charge < -0.3 is 0 Å². The fourth-order valence-electron chi connectivity index (χ4n) is 2.07. The molecule has 0 fully saturated rings. The first kappa shape index (κ1) is 10.7. The van der Waals surface area contributed by atoms with E-state index >= 15 is 0 Å². The van der Waals surface area contributed by atoms with Gasteiger partial charge in [0.1, 0.15) is 0 Å². The van der Waals surface area contributed by atoms with Crippen molar-refractivity contribution in [1.82, 2.24) is 0 Å². The van der Waals surface area contributed by atoms with Gasteiger partial charge in [0, 0.05) is 11.1 Å². The van der Waals surface area contributed by atoms with Crippen LogP contribution in [0.15, 0.2) is 65.9 Å². The SMILES string of the molecule is O=C1C=CC=C/C1=C1\C=Cc2ccccc2N1O. The molecule has 0 radical (unpaired) electrons. The van der Waals surface area contributed by atoms with Gasteiger partial charge in [-0.3, -0.25) is 10.0 Å². The third kappa shape index (κ3) is 1.61. The summed E-state index contributed by atoms with van der Waals surface area (Å²) in [6.45, 7) is 0. The second kappa shape index (κ2) is 4.13. The van der Waals surface area contributed by atoms with E-state index in [4.69, 9.17) is 0 Å². The van der Waals surface area contributed by atoms with E-state index in [2.05, 4.69) is 0 Å². The summed E-state index contributed by atoms with van der Waals surface area (Å²) in [7, 11) is 0. The monoisotopic (exact) mass is 237 g/mol. The number of hydrogen-bond acceptors (Lipinski definition) is 3. The number of allylic oxidation sites excluding steroid dienone is 6. The van der Waals surface area contributed by atoms with Crippen molar-refractivity contribution in [2.75, 3.05) is 5.06 Å². The van der Waals surface area contributed by atoms with Crippen molar-refractivity contribution in [2.45, 2.75) is 0 Å². The summed E-state index contributed by atoms with van der Waals surface area (Å²) in [4.78, 5) is 11.8. The van der Waals surface area contributed by atoms with Crippen LogP contribution in [0.4, 0.5) is 5.69 Å². The molecule has 0 bridgehead atoms. The molecule has 0 amide bonds. The van der Waals surface area contributed by atoms with Crippen LogP contribution in [0.5, 0.6) is 0 Å². The maximum Gasteiger partial charge on any atom is 0.188 e. The number of benzene rings is 1. The number of carbonyl (C=O) groups excluding carboxylic acids is 1. The molecule has 0 spiro atoms. The van der Waals surface area contributed by atoms with Gasteiger partial charge >= 0.3 is 0 Å². The topological polar surface area (TPSA) is 40.5 Å². The number of fused-ring (bicyclic) bond motifs is 1. The quantitative estimate of drug-likeness (QED) is 0.705. The predicted octanol–water partition coefficient (Wildman–Crippen LogP) is 2.86. The molecular formula is C15H11NO2. The normalized spacial score (nSPS) is 21.4. The lowest BCUT2D eigenvalue weighted by Gasteiger charge is -2.25. The minimum atomic E-state index is -0.101. The van der Waals surface area contributed by atoms with E-state index in [1.54, 1.807) is 24.3 Å². The number of anilines is 1. The summed E-state index contributed by atoms with van der Waals surface area (Å²) >= 11 is 0. The van der Waals surface area contributed by atoms with Crippen LogP contribution < -0.4 is 5.06 Å². The molecule has 0 aromatic heterocycles. The second-order valence-electron chi connectivity index (χ2n) is 4.09. The Morgan fingerprint density at radius 3 is 2.56 bits per heavy atom. The summed E-state index contributed by atoms with van der Waals surface area (Å²) in [5, 5.41) is 11.3. The van der Waals surface area contributed by atoms with Crippen LogP contribution in [0.1, 0.15) is 5.56 Å². The van der Waals surface area contributed by atoms with Crippen LogP contribution in [0, 0.1) is 0 Å². The molecule has 1 heterocycles. The minimum absolute atomic E-state index is 0.101. The van der Waals surface area contributed by atoms with Crippen LogP contribution in [-0.2, 0) is 4.79 Å². The summed E-state index contributed by atoms with van der Waals surface area (Å²) < 4.78 is 0.